The van der Waals surface area contributed by atoms with Crippen LogP contribution in [-0.2, 0) is 4.74 Å². The molecule has 1 unspecified atom stereocenters. The molecule has 0 aromatic heterocycles. The zero-order chi connectivity index (χ0) is 15.8. The Morgan fingerprint density at radius 3 is 2.50 bits per heavy atom. The molecule has 2 aromatic rings. The molecule has 22 heavy (non-hydrogen) atoms. The van der Waals surface area contributed by atoms with Crippen LogP contribution in [0.3, 0.4) is 0 Å². The maximum absolute atomic E-state index is 11.9. The Morgan fingerprint density at radius 2 is 1.82 bits per heavy atom. The highest BCUT2D eigenvalue weighted by Gasteiger charge is 2.06. The molecule has 1 N–H and O–H groups in total. The SMILES string of the molecule is CC(OCCCNC(=O)c1ccc(I)cc1)c1ccccc1. The summed E-state index contributed by atoms with van der Waals surface area (Å²) in [6.45, 7) is 3.29. The molecule has 0 saturated heterocycles. The molecule has 1 amide bonds. The Bertz CT molecular complexity index is 584. The first-order valence-electron chi connectivity index (χ1n) is 7.37. The monoisotopic (exact) mass is 409 g/mol. The fourth-order valence-corrected chi connectivity index (χ4v) is 2.42. The van der Waals surface area contributed by atoms with Crippen LogP contribution in [-0.4, -0.2) is 19.1 Å². The molecule has 116 valence electrons. The van der Waals surface area contributed by atoms with E-state index >= 15 is 0 Å². The molecule has 0 spiro atoms. The van der Waals surface area contributed by atoms with Gasteiger partial charge in [0.15, 0.2) is 0 Å². The molecule has 0 heterocycles. The van der Waals surface area contributed by atoms with E-state index in [0.717, 1.165) is 9.99 Å². The third kappa shape index (κ3) is 5.42. The summed E-state index contributed by atoms with van der Waals surface area (Å²) in [4.78, 5) is 11.9. The summed E-state index contributed by atoms with van der Waals surface area (Å²) >= 11 is 2.22. The number of carbonyl (C=O) groups excluding carboxylic acids is 1. The zero-order valence-electron chi connectivity index (χ0n) is 12.6. The van der Waals surface area contributed by atoms with Crippen LogP contribution in [0.15, 0.2) is 54.6 Å². The van der Waals surface area contributed by atoms with Gasteiger partial charge in [-0.25, -0.2) is 0 Å². The maximum atomic E-state index is 11.9. The van der Waals surface area contributed by atoms with Crippen molar-refractivity contribution < 1.29 is 9.53 Å². The van der Waals surface area contributed by atoms with Crippen molar-refractivity contribution in [2.24, 2.45) is 0 Å². The molecular formula is C18H20INO2. The van der Waals surface area contributed by atoms with Gasteiger partial charge < -0.3 is 10.1 Å². The van der Waals surface area contributed by atoms with Crippen LogP contribution in [0.1, 0.15) is 35.4 Å². The number of nitrogens with one attached hydrogen (secondary N) is 1. The van der Waals surface area contributed by atoms with Crippen molar-refractivity contribution in [3.05, 3.63) is 69.3 Å². The summed E-state index contributed by atoms with van der Waals surface area (Å²) in [5.41, 5.74) is 1.87. The van der Waals surface area contributed by atoms with Gasteiger partial charge in [-0.3, -0.25) is 4.79 Å². The van der Waals surface area contributed by atoms with E-state index in [1.807, 2.05) is 49.4 Å². The third-order valence-corrected chi connectivity index (χ3v) is 4.07. The number of rotatable bonds is 7. The molecule has 0 aliphatic rings. The van der Waals surface area contributed by atoms with E-state index in [2.05, 4.69) is 40.0 Å². The lowest BCUT2D eigenvalue weighted by molar-refractivity contribution is 0.0635. The second-order valence-electron chi connectivity index (χ2n) is 5.04. The number of halogens is 1. The van der Waals surface area contributed by atoms with Crippen LogP contribution in [0.4, 0.5) is 0 Å². The molecule has 2 rings (SSSR count). The quantitative estimate of drug-likeness (QED) is 0.550. The third-order valence-electron chi connectivity index (χ3n) is 3.35. The molecular weight excluding hydrogens is 389 g/mol. The molecule has 0 saturated carbocycles. The molecule has 0 aliphatic carbocycles. The van der Waals surface area contributed by atoms with E-state index in [9.17, 15) is 4.79 Å². The van der Waals surface area contributed by atoms with Gasteiger partial charge >= 0.3 is 0 Å². The molecule has 0 radical (unpaired) electrons. The van der Waals surface area contributed by atoms with Gasteiger partial charge in [-0.1, -0.05) is 30.3 Å². The maximum Gasteiger partial charge on any atom is 0.251 e. The molecule has 0 fully saturated rings. The molecule has 0 aliphatic heterocycles. The highest BCUT2D eigenvalue weighted by Crippen LogP contribution is 2.15. The fraction of sp³-hybridized carbons (Fsp3) is 0.278. The van der Waals surface area contributed by atoms with Gasteiger partial charge in [0.2, 0.25) is 0 Å². The van der Waals surface area contributed by atoms with E-state index in [1.165, 1.54) is 5.56 Å². The summed E-state index contributed by atoms with van der Waals surface area (Å²) in [6, 6.07) is 17.7. The highest BCUT2D eigenvalue weighted by atomic mass is 127. The van der Waals surface area contributed by atoms with Crippen molar-refractivity contribution in [2.45, 2.75) is 19.4 Å². The van der Waals surface area contributed by atoms with Gasteiger partial charge in [0, 0.05) is 22.3 Å². The van der Waals surface area contributed by atoms with Crippen LogP contribution < -0.4 is 5.32 Å². The van der Waals surface area contributed by atoms with Crippen LogP contribution in [0.5, 0.6) is 0 Å². The smallest absolute Gasteiger partial charge is 0.251 e. The Kier molecular flexibility index (Phi) is 6.86. The number of hydrogen-bond donors (Lipinski definition) is 1. The summed E-state index contributed by atoms with van der Waals surface area (Å²) < 4.78 is 6.90. The van der Waals surface area contributed by atoms with Crippen molar-refractivity contribution in [3.8, 4) is 0 Å². The van der Waals surface area contributed by atoms with Crippen molar-refractivity contribution >= 4 is 28.5 Å². The van der Waals surface area contributed by atoms with Crippen molar-refractivity contribution in [1.29, 1.82) is 0 Å². The lowest BCUT2D eigenvalue weighted by Crippen LogP contribution is -2.25. The summed E-state index contributed by atoms with van der Waals surface area (Å²) in [5.74, 6) is -0.0347. The predicted molar refractivity (Wildman–Crippen MR) is 96.9 cm³/mol. The molecule has 2 aromatic carbocycles. The Labute approximate surface area is 145 Å². The number of ether oxygens (including phenoxy) is 1. The summed E-state index contributed by atoms with van der Waals surface area (Å²) in [6.07, 6.45) is 0.876. The Morgan fingerprint density at radius 1 is 1.14 bits per heavy atom. The average Bonchev–Trinajstić information content (AvgIpc) is 2.55. The largest absolute Gasteiger partial charge is 0.374 e. The minimum Gasteiger partial charge on any atom is -0.374 e. The first kappa shape index (κ1) is 17.0. The first-order chi connectivity index (χ1) is 10.7. The van der Waals surface area contributed by atoms with E-state index in [0.29, 0.717) is 18.7 Å². The standard InChI is InChI=1S/C18H20INO2/c1-14(15-6-3-2-4-7-15)22-13-5-12-20-18(21)16-8-10-17(19)11-9-16/h2-4,6-11,14H,5,12-13H2,1H3,(H,20,21). The lowest BCUT2D eigenvalue weighted by Gasteiger charge is -2.13. The van der Waals surface area contributed by atoms with Crippen molar-refractivity contribution in [2.75, 3.05) is 13.2 Å². The molecule has 3 nitrogen and oxygen atoms in total. The highest BCUT2D eigenvalue weighted by molar-refractivity contribution is 14.1. The summed E-state index contributed by atoms with van der Waals surface area (Å²) in [5, 5.41) is 2.91. The minimum atomic E-state index is -0.0347. The number of hydrogen-bond acceptors (Lipinski definition) is 2. The van der Waals surface area contributed by atoms with Crippen LogP contribution >= 0.6 is 22.6 Å². The Hall–Kier alpha value is -1.40. The van der Waals surface area contributed by atoms with E-state index in [1.54, 1.807) is 0 Å². The van der Waals surface area contributed by atoms with Crippen LogP contribution in [0.25, 0.3) is 0 Å². The zero-order valence-corrected chi connectivity index (χ0v) is 14.7. The van der Waals surface area contributed by atoms with Crippen LogP contribution in [0, 0.1) is 3.57 Å². The molecule has 4 heteroatoms. The number of benzene rings is 2. The van der Waals surface area contributed by atoms with Gasteiger partial charge in [-0.05, 0) is 65.8 Å². The first-order valence-corrected chi connectivity index (χ1v) is 8.45. The van der Waals surface area contributed by atoms with Crippen LogP contribution in [0.2, 0.25) is 0 Å². The second kappa shape index (κ2) is 8.90. The van der Waals surface area contributed by atoms with Crippen molar-refractivity contribution in [1.82, 2.24) is 5.32 Å². The normalized spacial score (nSPS) is 11.9. The van der Waals surface area contributed by atoms with Gasteiger partial charge in [0.25, 0.3) is 5.91 Å². The number of amides is 1. The topological polar surface area (TPSA) is 38.3 Å². The minimum absolute atomic E-state index is 0.0347. The van der Waals surface area contributed by atoms with E-state index in [-0.39, 0.29) is 12.0 Å². The van der Waals surface area contributed by atoms with E-state index in [4.69, 9.17) is 4.74 Å². The van der Waals surface area contributed by atoms with Gasteiger partial charge in [-0.2, -0.15) is 0 Å². The average molecular weight is 409 g/mol. The number of carbonyl (C=O) groups is 1. The van der Waals surface area contributed by atoms with Gasteiger partial charge in [0.1, 0.15) is 0 Å². The van der Waals surface area contributed by atoms with Gasteiger partial charge in [0.05, 0.1) is 6.10 Å². The fourth-order valence-electron chi connectivity index (χ4n) is 2.06. The van der Waals surface area contributed by atoms with Crippen molar-refractivity contribution in [3.63, 3.8) is 0 Å². The lowest BCUT2D eigenvalue weighted by atomic mass is 10.1. The second-order valence-corrected chi connectivity index (χ2v) is 6.29. The Balaban J connectivity index is 1.65. The van der Waals surface area contributed by atoms with Gasteiger partial charge in [-0.15, -0.1) is 0 Å². The predicted octanol–water partition coefficient (Wildman–Crippen LogP) is 4.19. The van der Waals surface area contributed by atoms with E-state index < -0.39 is 0 Å². The molecule has 1 atom stereocenters. The molecule has 0 bridgehead atoms. The summed E-state index contributed by atoms with van der Waals surface area (Å²) in [7, 11) is 0.